The number of benzene rings is 2. The van der Waals surface area contributed by atoms with Gasteiger partial charge in [-0.15, -0.1) is 0 Å². The second-order valence-electron chi connectivity index (χ2n) is 8.35. The first-order chi connectivity index (χ1) is 17.9. The maximum Gasteiger partial charge on any atom is 0.262 e. The number of anilines is 2. The summed E-state index contributed by atoms with van der Waals surface area (Å²) in [6, 6.07) is 18.7. The van der Waals surface area contributed by atoms with Crippen LogP contribution in [0.2, 0.25) is 5.02 Å². The molecule has 2 aromatic carbocycles. The molecule has 10 heteroatoms. The lowest BCUT2D eigenvalue weighted by Gasteiger charge is -2.37. The molecule has 0 spiro atoms. The van der Waals surface area contributed by atoms with Gasteiger partial charge in [0.25, 0.3) is 5.91 Å². The lowest BCUT2D eigenvalue weighted by atomic mass is 9.82. The predicted octanol–water partition coefficient (Wildman–Crippen LogP) is 6.50. The van der Waals surface area contributed by atoms with Crippen LogP contribution in [-0.2, 0) is 16.9 Å². The van der Waals surface area contributed by atoms with Crippen molar-refractivity contribution in [1.29, 1.82) is 0 Å². The molecule has 188 valence electrons. The van der Waals surface area contributed by atoms with Gasteiger partial charge in [-0.05, 0) is 64.9 Å². The molecule has 0 bridgehead atoms. The zero-order valence-electron chi connectivity index (χ0n) is 19.2. The van der Waals surface area contributed by atoms with Crippen LogP contribution in [0.25, 0.3) is 0 Å². The minimum Gasteiger partial charge on any atom is -0.511 e. The summed E-state index contributed by atoms with van der Waals surface area (Å²) in [5, 5.41) is 31.0. The van der Waals surface area contributed by atoms with Gasteiger partial charge in [-0.25, -0.2) is 9.37 Å². The number of halogens is 2. The fourth-order valence-electron chi connectivity index (χ4n) is 4.15. The van der Waals surface area contributed by atoms with E-state index in [1.165, 1.54) is 23.5 Å². The average molecular weight is 554 g/mol. The van der Waals surface area contributed by atoms with Gasteiger partial charge in [0.2, 0.25) is 0 Å². The van der Waals surface area contributed by atoms with Crippen LogP contribution in [0.15, 0.2) is 93.0 Å². The molecule has 37 heavy (non-hydrogen) atoms. The molecule has 2 aromatic heterocycles. The highest BCUT2D eigenvalue weighted by molar-refractivity contribution is 8.04. The average Bonchev–Trinajstić information content (AvgIpc) is 3.44. The number of pyridine rings is 1. The quantitative estimate of drug-likeness (QED) is 0.209. The summed E-state index contributed by atoms with van der Waals surface area (Å²) >= 11 is 8.86. The number of amides is 1. The van der Waals surface area contributed by atoms with Gasteiger partial charge in [0.15, 0.2) is 0 Å². The zero-order valence-corrected chi connectivity index (χ0v) is 21.6. The molecular formula is C27H21ClFN3O3S2. The molecule has 4 aromatic rings. The summed E-state index contributed by atoms with van der Waals surface area (Å²) in [7, 11) is 0. The first kappa shape index (κ1) is 25.3. The number of thioether (sulfide) groups is 1. The molecule has 0 saturated carbocycles. The maximum atomic E-state index is 13.8. The molecule has 1 aliphatic heterocycles. The van der Waals surface area contributed by atoms with E-state index in [9.17, 15) is 19.4 Å². The molecular weight excluding hydrogens is 533 g/mol. The van der Waals surface area contributed by atoms with Crippen molar-refractivity contribution in [1.82, 2.24) is 10.3 Å². The van der Waals surface area contributed by atoms with Gasteiger partial charge in [0, 0.05) is 22.6 Å². The molecule has 5 rings (SSSR count). The van der Waals surface area contributed by atoms with Crippen molar-refractivity contribution in [3.05, 3.63) is 116 Å². The molecule has 1 aliphatic rings. The van der Waals surface area contributed by atoms with Crippen molar-refractivity contribution in [2.75, 3.05) is 5.32 Å². The Hall–Kier alpha value is -3.37. The molecule has 1 amide bonds. The van der Waals surface area contributed by atoms with E-state index < -0.39 is 23.9 Å². The SMILES string of the molecule is O=C1NC(c2ccsc2)(c2cccc(Nc3ccc(F)c(CO)c3)n2)CC(O)=C1Sc1ccccc1Cl. The highest BCUT2D eigenvalue weighted by Crippen LogP contribution is 2.44. The highest BCUT2D eigenvalue weighted by atomic mass is 35.5. The minimum atomic E-state index is -1.11. The third kappa shape index (κ3) is 5.08. The van der Waals surface area contributed by atoms with Gasteiger partial charge in [0.05, 0.1) is 17.3 Å². The largest absolute Gasteiger partial charge is 0.511 e. The monoisotopic (exact) mass is 553 g/mol. The molecule has 3 heterocycles. The van der Waals surface area contributed by atoms with E-state index in [0.717, 1.165) is 17.3 Å². The van der Waals surface area contributed by atoms with Crippen LogP contribution in [0, 0.1) is 5.82 Å². The number of rotatable bonds is 7. The smallest absolute Gasteiger partial charge is 0.262 e. The highest BCUT2D eigenvalue weighted by Gasteiger charge is 2.44. The first-order valence-electron chi connectivity index (χ1n) is 11.2. The van der Waals surface area contributed by atoms with Gasteiger partial charge in [-0.3, -0.25) is 4.79 Å². The molecule has 0 aliphatic carbocycles. The van der Waals surface area contributed by atoms with Crippen molar-refractivity contribution in [3.63, 3.8) is 0 Å². The maximum absolute atomic E-state index is 13.8. The fraction of sp³-hybridized carbons (Fsp3) is 0.111. The second kappa shape index (κ2) is 10.5. The normalized spacial score (nSPS) is 17.5. The Morgan fingerprint density at radius 3 is 2.73 bits per heavy atom. The number of aliphatic hydroxyl groups is 2. The number of aromatic nitrogens is 1. The summed E-state index contributed by atoms with van der Waals surface area (Å²) in [5.74, 6) is -0.544. The number of carbonyl (C=O) groups is 1. The van der Waals surface area contributed by atoms with Crippen molar-refractivity contribution in [3.8, 4) is 0 Å². The van der Waals surface area contributed by atoms with E-state index in [0.29, 0.717) is 27.1 Å². The topological polar surface area (TPSA) is 94.5 Å². The standard InChI is InChI=1S/C27H21ClFN3O3S2/c28-19-4-1-2-5-22(19)37-25-21(34)13-27(32-26(25)35,17-10-11-36-15-17)23-6-3-7-24(31-23)30-18-8-9-20(29)16(12-18)14-33/h1-12,15,33-34H,13-14H2,(H,30,31)(H,32,35). The van der Waals surface area contributed by atoms with Crippen molar-refractivity contribution in [2.24, 2.45) is 0 Å². The molecule has 0 saturated heterocycles. The Balaban J connectivity index is 1.52. The Morgan fingerprint density at radius 1 is 1.16 bits per heavy atom. The lowest BCUT2D eigenvalue weighted by molar-refractivity contribution is -0.119. The van der Waals surface area contributed by atoms with Crippen LogP contribution in [0.1, 0.15) is 23.2 Å². The minimum absolute atomic E-state index is 0.0637. The first-order valence-corrected chi connectivity index (χ1v) is 13.4. The third-order valence-electron chi connectivity index (χ3n) is 5.97. The Bertz CT molecular complexity index is 1500. The van der Waals surface area contributed by atoms with Gasteiger partial charge >= 0.3 is 0 Å². The molecule has 0 fully saturated rings. The Labute approximate surface area is 225 Å². The molecule has 1 atom stereocenters. The predicted molar refractivity (Wildman–Crippen MR) is 145 cm³/mol. The summed E-state index contributed by atoms with van der Waals surface area (Å²) in [5.41, 5.74) is 0.903. The van der Waals surface area contributed by atoms with Crippen molar-refractivity contribution in [2.45, 2.75) is 23.5 Å². The van der Waals surface area contributed by atoms with Crippen LogP contribution < -0.4 is 10.6 Å². The van der Waals surface area contributed by atoms with E-state index in [1.54, 1.807) is 42.5 Å². The summed E-state index contributed by atoms with van der Waals surface area (Å²) in [4.78, 5) is 19.0. The Morgan fingerprint density at radius 2 is 2.00 bits per heavy atom. The summed E-state index contributed by atoms with van der Waals surface area (Å²) < 4.78 is 13.8. The van der Waals surface area contributed by atoms with Crippen LogP contribution in [-0.4, -0.2) is 21.1 Å². The number of carbonyl (C=O) groups excluding carboxylic acids is 1. The van der Waals surface area contributed by atoms with Crippen LogP contribution in [0.3, 0.4) is 0 Å². The molecule has 6 nitrogen and oxygen atoms in total. The zero-order chi connectivity index (χ0) is 26.0. The summed E-state index contributed by atoms with van der Waals surface area (Å²) in [6.45, 7) is -0.428. The van der Waals surface area contributed by atoms with Gasteiger partial charge in [-0.2, -0.15) is 11.3 Å². The van der Waals surface area contributed by atoms with Gasteiger partial charge < -0.3 is 20.8 Å². The molecule has 4 N–H and O–H groups in total. The second-order valence-corrected chi connectivity index (χ2v) is 10.6. The number of hydrogen-bond acceptors (Lipinski definition) is 7. The number of nitrogens with one attached hydrogen (secondary N) is 2. The molecule has 0 radical (unpaired) electrons. The molecule has 1 unspecified atom stereocenters. The van der Waals surface area contributed by atoms with Gasteiger partial charge in [-0.1, -0.05) is 41.6 Å². The van der Waals surface area contributed by atoms with Crippen molar-refractivity contribution < 1.29 is 19.4 Å². The van der Waals surface area contributed by atoms with E-state index in [4.69, 9.17) is 16.6 Å². The number of hydrogen-bond donors (Lipinski definition) is 4. The van der Waals surface area contributed by atoms with Crippen LogP contribution in [0.5, 0.6) is 0 Å². The van der Waals surface area contributed by atoms with E-state index in [2.05, 4.69) is 10.6 Å². The van der Waals surface area contributed by atoms with Crippen LogP contribution in [0.4, 0.5) is 15.9 Å². The Kier molecular flexibility index (Phi) is 7.21. The van der Waals surface area contributed by atoms with E-state index >= 15 is 0 Å². The third-order valence-corrected chi connectivity index (χ3v) is 8.29. The summed E-state index contributed by atoms with van der Waals surface area (Å²) in [6.07, 6.45) is 0.0872. The number of nitrogens with zero attached hydrogens (tertiary/aromatic N) is 1. The van der Waals surface area contributed by atoms with Gasteiger partial charge in [0.1, 0.15) is 27.8 Å². The van der Waals surface area contributed by atoms with Crippen LogP contribution >= 0.6 is 34.7 Å². The number of aliphatic hydroxyl groups excluding tert-OH is 2. The lowest BCUT2D eigenvalue weighted by Crippen LogP contribution is -2.50. The fourth-order valence-corrected chi connectivity index (χ4v) is 5.99. The van der Waals surface area contributed by atoms with Crippen molar-refractivity contribution >= 4 is 52.1 Å². The van der Waals surface area contributed by atoms with E-state index in [-0.39, 0.29) is 22.6 Å². The van der Waals surface area contributed by atoms with E-state index in [1.807, 2.05) is 22.9 Å². The number of thiophene rings is 1.